The summed E-state index contributed by atoms with van der Waals surface area (Å²) in [6.07, 6.45) is -0.270. The van der Waals surface area contributed by atoms with Crippen LogP contribution in [0.5, 0.6) is 0 Å². The topological polar surface area (TPSA) is 49.4 Å². The standard InChI is InChI=1S/C19H18Cl3FN2O2/c1-11(19(27)24-2)25(10-12-6-7-15(21)16(22)8-12)18(26)9-13-14(20)4-3-5-17(13)23/h3-8,11H,9-10H2,1-2H3,(H,24,27)/t11-/m1/s1. The van der Waals surface area contributed by atoms with Gasteiger partial charge in [-0.1, -0.05) is 46.9 Å². The van der Waals surface area contributed by atoms with E-state index in [1.54, 1.807) is 25.1 Å². The van der Waals surface area contributed by atoms with E-state index in [1.165, 1.54) is 30.1 Å². The minimum absolute atomic E-state index is 0.0902. The number of benzene rings is 2. The summed E-state index contributed by atoms with van der Waals surface area (Å²) < 4.78 is 14.1. The first-order valence-electron chi connectivity index (χ1n) is 8.12. The highest BCUT2D eigenvalue weighted by Crippen LogP contribution is 2.25. The van der Waals surface area contributed by atoms with Gasteiger partial charge in [-0.05, 0) is 36.8 Å². The third-order valence-corrected chi connectivity index (χ3v) is 5.23. The molecule has 0 aliphatic heterocycles. The van der Waals surface area contributed by atoms with Gasteiger partial charge in [-0.15, -0.1) is 0 Å². The molecule has 0 spiro atoms. The van der Waals surface area contributed by atoms with Gasteiger partial charge in [0.05, 0.1) is 16.5 Å². The Morgan fingerprint density at radius 1 is 1.11 bits per heavy atom. The fourth-order valence-electron chi connectivity index (χ4n) is 2.58. The van der Waals surface area contributed by atoms with E-state index in [-0.39, 0.29) is 29.5 Å². The molecule has 0 saturated carbocycles. The Hall–Kier alpha value is -1.82. The molecule has 2 rings (SSSR count). The molecule has 0 saturated heterocycles. The summed E-state index contributed by atoms with van der Waals surface area (Å²) >= 11 is 18.0. The van der Waals surface area contributed by atoms with Crippen molar-refractivity contribution in [3.63, 3.8) is 0 Å². The summed E-state index contributed by atoms with van der Waals surface area (Å²) in [6.45, 7) is 1.70. The van der Waals surface area contributed by atoms with E-state index in [0.29, 0.717) is 15.6 Å². The van der Waals surface area contributed by atoms with Crippen molar-refractivity contribution in [1.82, 2.24) is 10.2 Å². The predicted octanol–water partition coefficient (Wildman–Crippen LogP) is 4.49. The van der Waals surface area contributed by atoms with Crippen LogP contribution < -0.4 is 5.32 Å². The summed E-state index contributed by atoms with van der Waals surface area (Å²) in [5.41, 5.74) is 0.778. The molecule has 27 heavy (non-hydrogen) atoms. The van der Waals surface area contributed by atoms with Gasteiger partial charge in [-0.2, -0.15) is 0 Å². The van der Waals surface area contributed by atoms with E-state index in [9.17, 15) is 14.0 Å². The van der Waals surface area contributed by atoms with Crippen molar-refractivity contribution >= 4 is 46.6 Å². The van der Waals surface area contributed by atoms with Crippen LogP contribution in [0.2, 0.25) is 15.1 Å². The van der Waals surface area contributed by atoms with E-state index in [4.69, 9.17) is 34.8 Å². The van der Waals surface area contributed by atoms with Crippen LogP contribution in [0.1, 0.15) is 18.1 Å². The molecular formula is C19H18Cl3FN2O2. The quantitative estimate of drug-likeness (QED) is 0.732. The Balaban J connectivity index is 2.32. The first-order chi connectivity index (χ1) is 12.7. The number of carbonyl (C=O) groups excluding carboxylic acids is 2. The Morgan fingerprint density at radius 2 is 1.81 bits per heavy atom. The highest BCUT2D eigenvalue weighted by Gasteiger charge is 2.27. The molecule has 0 radical (unpaired) electrons. The zero-order valence-corrected chi connectivity index (χ0v) is 17.0. The first-order valence-corrected chi connectivity index (χ1v) is 9.25. The van der Waals surface area contributed by atoms with Gasteiger partial charge in [0.25, 0.3) is 0 Å². The van der Waals surface area contributed by atoms with Gasteiger partial charge in [0, 0.05) is 24.2 Å². The summed E-state index contributed by atoms with van der Waals surface area (Å²) in [7, 11) is 1.48. The number of nitrogens with one attached hydrogen (secondary N) is 1. The average molecular weight is 432 g/mol. The van der Waals surface area contributed by atoms with Gasteiger partial charge < -0.3 is 10.2 Å². The van der Waals surface area contributed by atoms with Crippen molar-refractivity contribution in [2.75, 3.05) is 7.05 Å². The van der Waals surface area contributed by atoms with Crippen molar-refractivity contribution in [3.05, 3.63) is 68.4 Å². The summed E-state index contributed by atoms with van der Waals surface area (Å²) in [5, 5.41) is 3.39. The van der Waals surface area contributed by atoms with Gasteiger partial charge in [0.1, 0.15) is 11.9 Å². The maximum atomic E-state index is 14.1. The molecule has 0 bridgehead atoms. The third kappa shape index (κ3) is 5.34. The minimum Gasteiger partial charge on any atom is -0.357 e. The molecule has 1 N–H and O–H groups in total. The molecule has 0 heterocycles. The fourth-order valence-corrected chi connectivity index (χ4v) is 3.13. The number of nitrogens with zero attached hydrogens (tertiary/aromatic N) is 1. The first kappa shape index (κ1) is 21.5. The number of amides is 2. The lowest BCUT2D eigenvalue weighted by Gasteiger charge is -2.28. The molecule has 0 fully saturated rings. The number of rotatable bonds is 6. The molecule has 4 nitrogen and oxygen atoms in total. The maximum Gasteiger partial charge on any atom is 0.242 e. The Bertz CT molecular complexity index is 841. The van der Waals surface area contributed by atoms with Gasteiger partial charge >= 0.3 is 0 Å². The molecule has 0 aliphatic rings. The number of hydrogen-bond acceptors (Lipinski definition) is 2. The maximum absolute atomic E-state index is 14.1. The molecule has 0 aliphatic carbocycles. The molecule has 2 aromatic rings. The van der Waals surface area contributed by atoms with Crippen LogP contribution in [-0.2, 0) is 22.6 Å². The summed E-state index contributed by atoms with van der Waals surface area (Å²) in [4.78, 5) is 26.3. The van der Waals surface area contributed by atoms with Crippen LogP contribution in [0.25, 0.3) is 0 Å². The number of hydrogen-bond donors (Lipinski definition) is 1. The molecule has 2 aromatic carbocycles. The fraction of sp³-hybridized carbons (Fsp3) is 0.263. The Kier molecular flexibility index (Phi) is 7.48. The van der Waals surface area contributed by atoms with Crippen LogP contribution in [0, 0.1) is 5.82 Å². The van der Waals surface area contributed by atoms with Gasteiger partial charge in [-0.3, -0.25) is 9.59 Å². The highest BCUT2D eigenvalue weighted by molar-refractivity contribution is 6.42. The summed E-state index contributed by atoms with van der Waals surface area (Å²) in [5.74, 6) is -1.36. The van der Waals surface area contributed by atoms with Crippen molar-refractivity contribution in [3.8, 4) is 0 Å². The molecule has 1 atom stereocenters. The van der Waals surface area contributed by atoms with Crippen molar-refractivity contribution in [1.29, 1.82) is 0 Å². The molecule has 0 aromatic heterocycles. The highest BCUT2D eigenvalue weighted by atomic mass is 35.5. The monoisotopic (exact) mass is 430 g/mol. The van der Waals surface area contributed by atoms with Crippen LogP contribution in [-0.4, -0.2) is 29.8 Å². The molecule has 144 valence electrons. The van der Waals surface area contributed by atoms with E-state index in [2.05, 4.69) is 5.32 Å². The second-order valence-electron chi connectivity index (χ2n) is 5.94. The lowest BCUT2D eigenvalue weighted by atomic mass is 10.1. The zero-order chi connectivity index (χ0) is 20.1. The van der Waals surface area contributed by atoms with Crippen molar-refractivity contribution in [2.24, 2.45) is 0 Å². The van der Waals surface area contributed by atoms with Crippen molar-refractivity contribution < 1.29 is 14.0 Å². The number of halogens is 4. The second-order valence-corrected chi connectivity index (χ2v) is 7.16. The third-order valence-electron chi connectivity index (χ3n) is 4.14. The smallest absolute Gasteiger partial charge is 0.242 e. The second kappa shape index (κ2) is 9.40. The molecular weight excluding hydrogens is 414 g/mol. The zero-order valence-electron chi connectivity index (χ0n) is 14.7. The normalized spacial score (nSPS) is 11.8. The van der Waals surface area contributed by atoms with E-state index in [1.807, 2.05) is 0 Å². The molecule has 2 amide bonds. The molecule has 0 unspecified atom stereocenters. The lowest BCUT2D eigenvalue weighted by molar-refractivity contribution is -0.139. The van der Waals surface area contributed by atoms with Crippen molar-refractivity contribution in [2.45, 2.75) is 25.9 Å². The van der Waals surface area contributed by atoms with Crippen LogP contribution in [0.3, 0.4) is 0 Å². The lowest BCUT2D eigenvalue weighted by Crippen LogP contribution is -2.47. The SMILES string of the molecule is CNC(=O)[C@@H](C)N(Cc1ccc(Cl)c(Cl)c1)C(=O)Cc1c(F)cccc1Cl. The number of carbonyl (C=O) groups is 2. The van der Waals surface area contributed by atoms with Gasteiger partial charge in [0.15, 0.2) is 0 Å². The van der Waals surface area contributed by atoms with E-state index >= 15 is 0 Å². The molecule has 8 heteroatoms. The number of likely N-dealkylation sites (N-methyl/N-ethyl adjacent to an activating group) is 1. The van der Waals surface area contributed by atoms with E-state index < -0.39 is 17.8 Å². The average Bonchev–Trinajstić information content (AvgIpc) is 2.64. The predicted molar refractivity (Wildman–Crippen MR) is 106 cm³/mol. The largest absolute Gasteiger partial charge is 0.357 e. The van der Waals surface area contributed by atoms with Crippen LogP contribution in [0.15, 0.2) is 36.4 Å². The van der Waals surface area contributed by atoms with E-state index in [0.717, 1.165) is 0 Å². The summed E-state index contributed by atoms with van der Waals surface area (Å²) in [6, 6.07) is 8.38. The van der Waals surface area contributed by atoms with Crippen LogP contribution in [0.4, 0.5) is 4.39 Å². The van der Waals surface area contributed by atoms with Gasteiger partial charge in [-0.25, -0.2) is 4.39 Å². The van der Waals surface area contributed by atoms with Crippen LogP contribution >= 0.6 is 34.8 Å². The minimum atomic E-state index is -0.775. The Morgan fingerprint density at radius 3 is 2.41 bits per heavy atom. The Labute approximate surface area is 172 Å². The van der Waals surface area contributed by atoms with Gasteiger partial charge in [0.2, 0.25) is 11.8 Å².